The van der Waals surface area contributed by atoms with E-state index < -0.39 is 15.8 Å². The van der Waals surface area contributed by atoms with Crippen molar-refractivity contribution in [3.05, 3.63) is 30.1 Å². The summed E-state index contributed by atoms with van der Waals surface area (Å²) in [6, 6.07) is 5.08. The van der Waals surface area contributed by atoms with Gasteiger partial charge in [-0.15, -0.1) is 0 Å². The van der Waals surface area contributed by atoms with Crippen LogP contribution in [0.25, 0.3) is 0 Å². The Morgan fingerprint density at radius 1 is 1.04 bits per heavy atom. The van der Waals surface area contributed by atoms with Crippen LogP contribution in [0.4, 0.5) is 4.39 Å². The smallest absolute Gasteiger partial charge is 0.243 e. The number of nitrogens with one attached hydrogen (secondary N) is 1. The fourth-order valence-corrected chi connectivity index (χ4v) is 5.06. The lowest BCUT2D eigenvalue weighted by atomic mass is 9.96. The van der Waals surface area contributed by atoms with E-state index in [0.717, 1.165) is 38.1 Å². The first-order valence-corrected chi connectivity index (χ1v) is 10.5. The molecule has 0 atom stereocenters. The summed E-state index contributed by atoms with van der Waals surface area (Å²) >= 11 is 0. The average Bonchev–Trinajstić information content (AvgIpc) is 2.64. The molecule has 6 nitrogen and oxygen atoms in total. The molecule has 0 unspecified atom stereocenters. The summed E-state index contributed by atoms with van der Waals surface area (Å²) in [4.78, 5) is 14.8. The third-order valence-corrected chi connectivity index (χ3v) is 7.25. The molecule has 8 heteroatoms. The zero-order valence-electron chi connectivity index (χ0n) is 15.0. The topological polar surface area (TPSA) is 69.7 Å². The van der Waals surface area contributed by atoms with Gasteiger partial charge in [0.1, 0.15) is 5.82 Å². The third-order valence-electron chi connectivity index (χ3n) is 5.34. The molecule has 2 aliphatic heterocycles. The Labute approximate surface area is 154 Å². The van der Waals surface area contributed by atoms with Crippen LogP contribution in [0.3, 0.4) is 0 Å². The number of rotatable bonds is 4. The molecule has 2 saturated heterocycles. The monoisotopic (exact) mass is 383 g/mol. The van der Waals surface area contributed by atoms with Gasteiger partial charge in [0.05, 0.1) is 4.90 Å². The molecular formula is C18H26FN3O3S. The zero-order valence-corrected chi connectivity index (χ0v) is 15.8. The van der Waals surface area contributed by atoms with E-state index in [2.05, 4.69) is 17.3 Å². The zero-order chi connectivity index (χ0) is 18.7. The van der Waals surface area contributed by atoms with Crippen LogP contribution in [-0.4, -0.2) is 62.8 Å². The minimum atomic E-state index is -3.63. The maximum absolute atomic E-state index is 13.0. The predicted molar refractivity (Wildman–Crippen MR) is 96.5 cm³/mol. The minimum Gasteiger partial charge on any atom is -0.353 e. The number of sulfonamides is 1. The number of hydrogen-bond donors (Lipinski definition) is 1. The first-order chi connectivity index (χ1) is 12.4. The highest BCUT2D eigenvalue weighted by Crippen LogP contribution is 2.24. The summed E-state index contributed by atoms with van der Waals surface area (Å²) in [7, 11) is -1.55. The van der Waals surface area contributed by atoms with E-state index in [0.29, 0.717) is 25.9 Å². The molecule has 0 spiro atoms. The van der Waals surface area contributed by atoms with Crippen LogP contribution in [-0.2, 0) is 14.8 Å². The molecule has 3 rings (SSSR count). The Hall–Kier alpha value is -1.51. The standard InChI is InChI=1S/C18H26FN3O3S/c1-21-10-8-16(9-11-21)20-18(23)14-6-12-22(13-7-14)26(24,25)17-4-2-15(19)3-5-17/h2-5,14,16H,6-13H2,1H3,(H,20,23). The molecule has 1 aromatic carbocycles. The maximum Gasteiger partial charge on any atom is 0.243 e. The van der Waals surface area contributed by atoms with E-state index in [1.807, 2.05) is 0 Å². The van der Waals surface area contributed by atoms with Gasteiger partial charge in [0.2, 0.25) is 15.9 Å². The van der Waals surface area contributed by atoms with Crippen molar-refractivity contribution in [3.63, 3.8) is 0 Å². The number of likely N-dealkylation sites (tertiary alicyclic amines) is 1. The molecular weight excluding hydrogens is 357 g/mol. The number of carbonyl (C=O) groups excluding carboxylic acids is 1. The van der Waals surface area contributed by atoms with Crippen LogP contribution < -0.4 is 5.32 Å². The molecule has 144 valence electrons. The fourth-order valence-electron chi connectivity index (χ4n) is 3.59. The summed E-state index contributed by atoms with van der Waals surface area (Å²) < 4.78 is 39.6. The van der Waals surface area contributed by atoms with Gasteiger partial charge >= 0.3 is 0 Å². The summed E-state index contributed by atoms with van der Waals surface area (Å²) in [6.07, 6.45) is 2.94. The van der Waals surface area contributed by atoms with E-state index in [-0.39, 0.29) is 22.8 Å². The van der Waals surface area contributed by atoms with Crippen molar-refractivity contribution in [2.45, 2.75) is 36.6 Å². The van der Waals surface area contributed by atoms with Gasteiger partial charge in [0.25, 0.3) is 0 Å². The Kier molecular flexibility index (Phi) is 5.94. The predicted octanol–water partition coefficient (Wildman–Crippen LogP) is 1.44. The molecule has 2 aliphatic rings. The summed E-state index contributed by atoms with van der Waals surface area (Å²) in [5, 5.41) is 3.13. The molecule has 1 N–H and O–H groups in total. The van der Waals surface area contributed by atoms with Gasteiger partial charge in [-0.05, 0) is 70.1 Å². The van der Waals surface area contributed by atoms with Gasteiger partial charge in [0, 0.05) is 25.0 Å². The normalized spacial score (nSPS) is 21.6. The quantitative estimate of drug-likeness (QED) is 0.854. The van der Waals surface area contributed by atoms with Gasteiger partial charge in [-0.25, -0.2) is 12.8 Å². The summed E-state index contributed by atoms with van der Waals surface area (Å²) in [5.41, 5.74) is 0. The fraction of sp³-hybridized carbons (Fsp3) is 0.611. The second kappa shape index (κ2) is 8.02. The Morgan fingerprint density at radius 3 is 2.19 bits per heavy atom. The highest BCUT2D eigenvalue weighted by molar-refractivity contribution is 7.89. The van der Waals surface area contributed by atoms with Crippen LogP contribution in [0.2, 0.25) is 0 Å². The van der Waals surface area contributed by atoms with E-state index in [1.54, 1.807) is 0 Å². The van der Waals surface area contributed by atoms with Gasteiger partial charge < -0.3 is 10.2 Å². The molecule has 0 aliphatic carbocycles. The van der Waals surface area contributed by atoms with Gasteiger partial charge in [-0.1, -0.05) is 0 Å². The molecule has 2 heterocycles. The van der Waals surface area contributed by atoms with Crippen molar-refractivity contribution in [1.29, 1.82) is 0 Å². The van der Waals surface area contributed by atoms with Crippen LogP contribution >= 0.6 is 0 Å². The lowest BCUT2D eigenvalue weighted by molar-refractivity contribution is -0.127. The van der Waals surface area contributed by atoms with Crippen molar-refractivity contribution >= 4 is 15.9 Å². The van der Waals surface area contributed by atoms with E-state index in [9.17, 15) is 17.6 Å². The van der Waals surface area contributed by atoms with Gasteiger partial charge in [-0.3, -0.25) is 4.79 Å². The molecule has 26 heavy (non-hydrogen) atoms. The lowest BCUT2D eigenvalue weighted by Gasteiger charge is -2.33. The first kappa shape index (κ1) is 19.3. The Bertz CT molecular complexity index is 723. The van der Waals surface area contributed by atoms with E-state index in [1.165, 1.54) is 16.4 Å². The number of amides is 1. The maximum atomic E-state index is 13.0. The van der Waals surface area contributed by atoms with Gasteiger partial charge in [-0.2, -0.15) is 4.31 Å². The lowest BCUT2D eigenvalue weighted by Crippen LogP contribution is -2.48. The van der Waals surface area contributed by atoms with Crippen molar-refractivity contribution in [1.82, 2.24) is 14.5 Å². The molecule has 1 aromatic rings. The molecule has 0 radical (unpaired) electrons. The molecule has 0 saturated carbocycles. The molecule has 0 aromatic heterocycles. The highest BCUT2D eigenvalue weighted by Gasteiger charge is 2.33. The SMILES string of the molecule is CN1CCC(NC(=O)C2CCN(S(=O)(=O)c3ccc(F)cc3)CC2)CC1. The first-order valence-electron chi connectivity index (χ1n) is 9.11. The van der Waals surface area contributed by atoms with Crippen molar-refractivity contribution in [2.75, 3.05) is 33.2 Å². The number of halogens is 1. The molecule has 0 bridgehead atoms. The van der Waals surface area contributed by atoms with Crippen LogP contribution in [0.15, 0.2) is 29.2 Å². The van der Waals surface area contributed by atoms with Crippen LogP contribution in [0.1, 0.15) is 25.7 Å². The van der Waals surface area contributed by atoms with Crippen LogP contribution in [0, 0.1) is 11.7 Å². The molecule has 2 fully saturated rings. The summed E-state index contributed by atoms with van der Waals surface area (Å²) in [5.74, 6) is -0.569. The average molecular weight is 383 g/mol. The Morgan fingerprint density at radius 2 is 1.62 bits per heavy atom. The number of piperidine rings is 2. The van der Waals surface area contributed by atoms with Crippen molar-refractivity contribution < 1.29 is 17.6 Å². The Balaban J connectivity index is 1.53. The van der Waals surface area contributed by atoms with Crippen LogP contribution in [0.5, 0.6) is 0 Å². The second-order valence-corrected chi connectivity index (χ2v) is 9.16. The number of carbonyl (C=O) groups is 1. The van der Waals surface area contributed by atoms with E-state index >= 15 is 0 Å². The third kappa shape index (κ3) is 4.42. The largest absolute Gasteiger partial charge is 0.353 e. The highest BCUT2D eigenvalue weighted by atomic mass is 32.2. The number of hydrogen-bond acceptors (Lipinski definition) is 4. The summed E-state index contributed by atoms with van der Waals surface area (Å²) in [6.45, 7) is 2.59. The molecule has 1 amide bonds. The number of nitrogens with zero attached hydrogens (tertiary/aromatic N) is 2. The van der Waals surface area contributed by atoms with Crippen molar-refractivity contribution in [2.24, 2.45) is 5.92 Å². The van der Waals surface area contributed by atoms with Crippen molar-refractivity contribution in [3.8, 4) is 0 Å². The van der Waals surface area contributed by atoms with E-state index in [4.69, 9.17) is 0 Å². The number of benzene rings is 1. The van der Waals surface area contributed by atoms with Gasteiger partial charge in [0.15, 0.2) is 0 Å². The minimum absolute atomic E-state index is 0.0402. The second-order valence-electron chi connectivity index (χ2n) is 7.22.